The van der Waals surface area contributed by atoms with Gasteiger partial charge < -0.3 is 9.64 Å². The third kappa shape index (κ3) is 4.26. The summed E-state index contributed by atoms with van der Waals surface area (Å²) in [5.74, 6) is 0.212. The van der Waals surface area contributed by atoms with Gasteiger partial charge in [0.05, 0.1) is 7.11 Å². The Kier molecular flexibility index (Phi) is 6.17. The molecule has 0 aliphatic carbocycles. The highest BCUT2D eigenvalue weighted by Crippen LogP contribution is 2.40. The van der Waals surface area contributed by atoms with Crippen LogP contribution >= 0.6 is 34.8 Å². The molecule has 31 heavy (non-hydrogen) atoms. The van der Waals surface area contributed by atoms with E-state index < -0.39 is 21.4 Å². The van der Waals surface area contributed by atoms with E-state index in [2.05, 4.69) is 4.99 Å². The molecule has 0 fully saturated rings. The quantitative estimate of drug-likeness (QED) is 0.433. The van der Waals surface area contributed by atoms with Crippen LogP contribution in [0.4, 0.5) is 5.69 Å². The van der Waals surface area contributed by atoms with Crippen LogP contribution in [-0.4, -0.2) is 27.1 Å². The Morgan fingerprint density at radius 2 is 1.45 bits per heavy atom. The highest BCUT2D eigenvalue weighted by Gasteiger charge is 2.41. The van der Waals surface area contributed by atoms with E-state index in [1.807, 2.05) is 12.1 Å². The van der Waals surface area contributed by atoms with E-state index in [-0.39, 0.29) is 10.6 Å². The summed E-state index contributed by atoms with van der Waals surface area (Å²) >= 11 is 18.2. The van der Waals surface area contributed by atoms with Gasteiger partial charge in [-0.25, -0.2) is 8.42 Å². The average molecular weight is 496 g/mol. The fourth-order valence-corrected chi connectivity index (χ4v) is 5.69. The Balaban J connectivity index is 1.84. The zero-order valence-corrected chi connectivity index (χ0v) is 19.3. The monoisotopic (exact) mass is 494 g/mol. The van der Waals surface area contributed by atoms with Crippen LogP contribution in [0.15, 0.2) is 76.6 Å². The molecule has 4 rings (SSSR count). The molecule has 3 aromatic rings. The van der Waals surface area contributed by atoms with Crippen molar-refractivity contribution >= 4 is 56.5 Å². The largest absolute Gasteiger partial charge is 0.495 e. The number of sulfone groups is 1. The number of rotatable bonds is 5. The topological polar surface area (TPSA) is 59.0 Å². The lowest BCUT2D eigenvalue weighted by molar-refractivity contribution is 0.402. The molecule has 0 aromatic heterocycles. The van der Waals surface area contributed by atoms with Crippen LogP contribution in [0.3, 0.4) is 0 Å². The fourth-order valence-electron chi connectivity index (χ4n) is 3.45. The van der Waals surface area contributed by atoms with E-state index >= 15 is 0 Å². The van der Waals surface area contributed by atoms with E-state index in [4.69, 9.17) is 39.5 Å². The first-order chi connectivity index (χ1) is 14.8. The molecule has 2 atom stereocenters. The molecule has 3 aromatic carbocycles. The van der Waals surface area contributed by atoms with Crippen molar-refractivity contribution in [2.75, 3.05) is 12.0 Å². The third-order valence-electron chi connectivity index (χ3n) is 4.94. The third-order valence-corrected chi connectivity index (χ3v) is 7.59. The van der Waals surface area contributed by atoms with Gasteiger partial charge >= 0.3 is 0 Å². The smallest absolute Gasteiger partial charge is 0.208 e. The lowest BCUT2D eigenvalue weighted by Gasteiger charge is -2.31. The number of nitrogens with zero attached hydrogens (tertiary/aromatic N) is 2. The molecule has 0 saturated heterocycles. The molecule has 0 N–H and O–H groups in total. The van der Waals surface area contributed by atoms with Crippen LogP contribution < -0.4 is 9.64 Å². The van der Waals surface area contributed by atoms with E-state index in [1.54, 1.807) is 47.4 Å². The number of methoxy groups -OCH3 is 1. The van der Waals surface area contributed by atoms with Crippen LogP contribution in [0, 0.1) is 0 Å². The maximum absolute atomic E-state index is 13.7. The minimum Gasteiger partial charge on any atom is -0.495 e. The van der Waals surface area contributed by atoms with Crippen molar-refractivity contribution in [2.24, 2.45) is 4.99 Å². The van der Waals surface area contributed by atoms with Gasteiger partial charge in [0.2, 0.25) is 9.84 Å². The number of ether oxygens (including phenoxy) is 1. The van der Waals surface area contributed by atoms with Gasteiger partial charge in [0.25, 0.3) is 0 Å². The Morgan fingerprint density at radius 3 is 2.06 bits per heavy atom. The molecule has 0 saturated carbocycles. The standard InChI is InChI=1S/C22H17Cl3N2O3S/c1-30-19-11-8-17(25)12-20(19)31(28,29)21-13-26-22(14-2-4-15(23)5-3-14)27(21)18-9-6-16(24)7-10-18/h2-13,21-22H,1H3. The second-order valence-electron chi connectivity index (χ2n) is 6.84. The summed E-state index contributed by atoms with van der Waals surface area (Å²) in [5, 5.41) is 0.336. The van der Waals surface area contributed by atoms with Crippen molar-refractivity contribution < 1.29 is 13.2 Å². The lowest BCUT2D eigenvalue weighted by Crippen LogP contribution is -2.40. The number of anilines is 1. The van der Waals surface area contributed by atoms with Crippen molar-refractivity contribution in [3.8, 4) is 5.75 Å². The van der Waals surface area contributed by atoms with Gasteiger partial charge in [-0.15, -0.1) is 0 Å². The van der Waals surface area contributed by atoms with Gasteiger partial charge in [-0.2, -0.15) is 0 Å². The average Bonchev–Trinajstić information content (AvgIpc) is 3.21. The predicted octanol–water partition coefficient (Wildman–Crippen LogP) is 6.05. The second-order valence-corrected chi connectivity index (χ2v) is 10.2. The molecule has 1 heterocycles. The van der Waals surface area contributed by atoms with Crippen LogP contribution in [-0.2, 0) is 9.84 Å². The van der Waals surface area contributed by atoms with Gasteiger partial charge in [-0.05, 0) is 60.2 Å². The van der Waals surface area contributed by atoms with E-state index in [0.717, 1.165) is 5.56 Å². The molecule has 2 unspecified atom stereocenters. The van der Waals surface area contributed by atoms with Crippen molar-refractivity contribution in [3.63, 3.8) is 0 Å². The van der Waals surface area contributed by atoms with Crippen LogP contribution in [0.5, 0.6) is 5.75 Å². The van der Waals surface area contributed by atoms with E-state index in [9.17, 15) is 8.42 Å². The van der Waals surface area contributed by atoms with Gasteiger partial charge in [-0.3, -0.25) is 4.99 Å². The number of halogens is 3. The number of hydrogen-bond donors (Lipinski definition) is 0. The number of benzene rings is 3. The number of aliphatic imine (C=N–C) groups is 1. The summed E-state index contributed by atoms with van der Waals surface area (Å²) in [6, 6.07) is 18.6. The number of hydrogen-bond acceptors (Lipinski definition) is 5. The molecule has 0 spiro atoms. The highest BCUT2D eigenvalue weighted by molar-refractivity contribution is 7.93. The molecule has 0 radical (unpaired) electrons. The zero-order valence-electron chi connectivity index (χ0n) is 16.2. The molecule has 0 amide bonds. The minimum atomic E-state index is -3.95. The summed E-state index contributed by atoms with van der Waals surface area (Å²) < 4.78 is 32.8. The summed E-state index contributed by atoms with van der Waals surface area (Å²) in [6.45, 7) is 0. The summed E-state index contributed by atoms with van der Waals surface area (Å²) in [6.07, 6.45) is 0.868. The van der Waals surface area contributed by atoms with Gasteiger partial charge in [0.1, 0.15) is 16.8 Å². The van der Waals surface area contributed by atoms with Gasteiger partial charge in [0.15, 0.2) is 5.37 Å². The Hall–Kier alpha value is -2.25. The highest BCUT2D eigenvalue weighted by atomic mass is 35.5. The molecular weight excluding hydrogens is 479 g/mol. The molecule has 1 aliphatic heterocycles. The SMILES string of the molecule is COc1ccc(Cl)cc1S(=O)(=O)C1C=NC(c2ccc(Cl)cc2)N1c1ccc(Cl)cc1. The van der Waals surface area contributed by atoms with E-state index in [0.29, 0.717) is 20.8 Å². The van der Waals surface area contributed by atoms with Crippen molar-refractivity contribution in [2.45, 2.75) is 16.4 Å². The maximum Gasteiger partial charge on any atom is 0.208 e. The van der Waals surface area contributed by atoms with Crippen LogP contribution in [0.1, 0.15) is 11.7 Å². The van der Waals surface area contributed by atoms with Gasteiger partial charge in [-0.1, -0.05) is 46.9 Å². The Bertz CT molecular complexity index is 1230. The fraction of sp³-hybridized carbons (Fsp3) is 0.136. The Morgan fingerprint density at radius 1 is 0.871 bits per heavy atom. The first kappa shape index (κ1) is 22.0. The summed E-state index contributed by atoms with van der Waals surface area (Å²) in [5.41, 5.74) is 1.45. The second kappa shape index (κ2) is 8.71. The molecule has 0 bridgehead atoms. The van der Waals surface area contributed by atoms with Crippen LogP contribution in [0.2, 0.25) is 15.1 Å². The van der Waals surface area contributed by atoms with Crippen molar-refractivity contribution in [3.05, 3.63) is 87.4 Å². The maximum atomic E-state index is 13.7. The van der Waals surface area contributed by atoms with Gasteiger partial charge in [0, 0.05) is 27.0 Å². The van der Waals surface area contributed by atoms with Crippen LogP contribution in [0.25, 0.3) is 0 Å². The van der Waals surface area contributed by atoms with Crippen molar-refractivity contribution in [1.82, 2.24) is 0 Å². The van der Waals surface area contributed by atoms with E-state index in [1.165, 1.54) is 25.5 Å². The molecule has 1 aliphatic rings. The summed E-state index contributed by atoms with van der Waals surface area (Å²) in [4.78, 5) is 6.25. The Labute approximate surface area is 195 Å². The molecular formula is C22H17Cl3N2O3S. The molecule has 9 heteroatoms. The predicted molar refractivity (Wildman–Crippen MR) is 126 cm³/mol. The zero-order chi connectivity index (χ0) is 22.2. The molecule has 5 nitrogen and oxygen atoms in total. The normalized spacial score (nSPS) is 18.4. The minimum absolute atomic E-state index is 0.00494. The molecule has 160 valence electrons. The first-order valence-electron chi connectivity index (χ1n) is 9.21. The first-order valence-corrected chi connectivity index (χ1v) is 11.9. The summed E-state index contributed by atoms with van der Waals surface area (Å²) in [7, 11) is -2.54. The lowest BCUT2D eigenvalue weighted by atomic mass is 10.1. The van der Waals surface area contributed by atoms with Crippen molar-refractivity contribution in [1.29, 1.82) is 0 Å².